The number of fused-ring (bicyclic) bond motifs is 1. The lowest BCUT2D eigenvalue weighted by atomic mass is 9.87. The number of benzene rings is 1. The van der Waals surface area contributed by atoms with Gasteiger partial charge in [-0.05, 0) is 30.5 Å². The fraction of sp³-hybridized carbons (Fsp3) is 0.250. The first-order chi connectivity index (χ1) is 6.17. The minimum atomic E-state index is -0.402. The summed E-state index contributed by atoms with van der Waals surface area (Å²) in [4.78, 5) is 11.0. The second kappa shape index (κ2) is 2.56. The Morgan fingerprint density at radius 1 is 1.31 bits per heavy atom. The molecule has 0 saturated carbocycles. The van der Waals surface area contributed by atoms with Crippen molar-refractivity contribution in [2.75, 3.05) is 0 Å². The van der Waals surface area contributed by atoms with Crippen LogP contribution in [-0.2, 0) is 10.2 Å². The second-order valence-electron chi connectivity index (χ2n) is 3.77. The summed E-state index contributed by atoms with van der Waals surface area (Å²) in [5, 5.41) is 0. The van der Waals surface area contributed by atoms with Gasteiger partial charge in [0.2, 0.25) is 0 Å². The van der Waals surface area contributed by atoms with Crippen molar-refractivity contribution >= 4 is 11.9 Å². The fourth-order valence-corrected chi connectivity index (χ4v) is 2.00. The molecule has 1 aliphatic rings. The van der Waals surface area contributed by atoms with Crippen LogP contribution in [0.25, 0.3) is 5.57 Å². The van der Waals surface area contributed by atoms with E-state index in [1.807, 2.05) is 38.1 Å². The molecule has 0 saturated heterocycles. The molecule has 1 unspecified atom stereocenters. The van der Waals surface area contributed by atoms with Crippen LogP contribution in [0.2, 0.25) is 0 Å². The van der Waals surface area contributed by atoms with Crippen LogP contribution < -0.4 is 0 Å². The fourth-order valence-electron chi connectivity index (χ4n) is 2.00. The van der Waals surface area contributed by atoms with Crippen molar-refractivity contribution in [1.29, 1.82) is 0 Å². The van der Waals surface area contributed by atoms with Crippen molar-refractivity contribution in [2.24, 2.45) is 0 Å². The molecule has 0 fully saturated rings. The van der Waals surface area contributed by atoms with Crippen LogP contribution in [0.15, 0.2) is 30.3 Å². The lowest BCUT2D eigenvalue weighted by Crippen LogP contribution is -2.18. The van der Waals surface area contributed by atoms with E-state index in [0.717, 1.165) is 11.8 Å². The average Bonchev–Trinajstić information content (AvgIpc) is 2.42. The van der Waals surface area contributed by atoms with Gasteiger partial charge in [-0.2, -0.15) is 0 Å². The maximum absolute atomic E-state index is 11.0. The summed E-state index contributed by atoms with van der Waals surface area (Å²) in [5.74, 6) is 0. The summed E-state index contributed by atoms with van der Waals surface area (Å²) in [6, 6.07) is 8.08. The van der Waals surface area contributed by atoms with Crippen LogP contribution in [0.3, 0.4) is 0 Å². The summed E-state index contributed by atoms with van der Waals surface area (Å²) in [5.41, 5.74) is 3.13. The zero-order valence-corrected chi connectivity index (χ0v) is 7.87. The largest absolute Gasteiger partial charge is 0.302 e. The summed E-state index contributed by atoms with van der Waals surface area (Å²) in [7, 11) is 0. The zero-order chi connectivity index (χ0) is 9.47. The minimum Gasteiger partial charge on any atom is -0.302 e. The lowest BCUT2D eigenvalue weighted by molar-refractivity contribution is -0.110. The number of carbonyl (C=O) groups is 1. The highest BCUT2D eigenvalue weighted by atomic mass is 16.1. The van der Waals surface area contributed by atoms with Crippen LogP contribution in [-0.4, -0.2) is 6.29 Å². The molecule has 0 aliphatic heterocycles. The van der Waals surface area contributed by atoms with E-state index in [4.69, 9.17) is 0 Å². The van der Waals surface area contributed by atoms with Gasteiger partial charge in [0, 0.05) is 0 Å². The highest BCUT2D eigenvalue weighted by Gasteiger charge is 2.31. The number of carbonyl (C=O) groups excluding carboxylic acids is 1. The molecule has 1 aliphatic carbocycles. The highest BCUT2D eigenvalue weighted by Crippen LogP contribution is 2.38. The third-order valence-electron chi connectivity index (χ3n) is 2.69. The topological polar surface area (TPSA) is 17.1 Å². The standard InChI is InChI=1S/C12H12O/c1-9-7-12(2,8-13)11-6-4-3-5-10(9)11/h3-8H,1-2H3. The van der Waals surface area contributed by atoms with E-state index in [-0.39, 0.29) is 0 Å². The van der Waals surface area contributed by atoms with E-state index >= 15 is 0 Å². The van der Waals surface area contributed by atoms with Gasteiger partial charge in [0.1, 0.15) is 6.29 Å². The number of allylic oxidation sites excluding steroid dienone is 2. The normalized spacial score (nSPS) is 25.2. The smallest absolute Gasteiger partial charge is 0.134 e. The molecular formula is C12H12O. The van der Waals surface area contributed by atoms with Crippen LogP contribution in [0, 0.1) is 0 Å². The maximum Gasteiger partial charge on any atom is 0.134 e. The quantitative estimate of drug-likeness (QED) is 0.595. The molecule has 66 valence electrons. The molecule has 1 aromatic rings. The van der Waals surface area contributed by atoms with E-state index in [2.05, 4.69) is 6.07 Å². The van der Waals surface area contributed by atoms with Crippen molar-refractivity contribution in [2.45, 2.75) is 19.3 Å². The summed E-state index contributed by atoms with van der Waals surface area (Å²) < 4.78 is 0. The Bertz CT molecular complexity index is 390. The molecule has 0 radical (unpaired) electrons. The average molecular weight is 172 g/mol. The van der Waals surface area contributed by atoms with Crippen molar-refractivity contribution in [3.63, 3.8) is 0 Å². The molecule has 0 heterocycles. The first kappa shape index (κ1) is 8.24. The summed E-state index contributed by atoms with van der Waals surface area (Å²) in [6.45, 7) is 4.00. The molecule has 1 heteroatoms. The molecule has 2 rings (SSSR count). The molecule has 0 spiro atoms. The Kier molecular flexibility index (Phi) is 1.62. The number of aldehydes is 1. The summed E-state index contributed by atoms with van der Waals surface area (Å²) in [6.07, 6.45) is 3.05. The molecule has 1 nitrogen and oxygen atoms in total. The van der Waals surface area contributed by atoms with Gasteiger partial charge in [0.05, 0.1) is 5.41 Å². The van der Waals surface area contributed by atoms with Crippen LogP contribution in [0.4, 0.5) is 0 Å². The van der Waals surface area contributed by atoms with E-state index in [9.17, 15) is 4.79 Å². The van der Waals surface area contributed by atoms with Crippen LogP contribution in [0.1, 0.15) is 25.0 Å². The van der Waals surface area contributed by atoms with Crippen molar-refractivity contribution in [3.8, 4) is 0 Å². The molecule has 0 N–H and O–H groups in total. The Balaban J connectivity index is 2.69. The molecular weight excluding hydrogens is 160 g/mol. The molecule has 0 bridgehead atoms. The van der Waals surface area contributed by atoms with Gasteiger partial charge in [0.15, 0.2) is 0 Å². The molecule has 1 aromatic carbocycles. The monoisotopic (exact) mass is 172 g/mol. The van der Waals surface area contributed by atoms with E-state index in [0.29, 0.717) is 0 Å². The predicted octanol–water partition coefficient (Wildman–Crippen LogP) is 2.56. The molecule has 0 amide bonds. The maximum atomic E-state index is 11.0. The Morgan fingerprint density at radius 3 is 2.69 bits per heavy atom. The van der Waals surface area contributed by atoms with Gasteiger partial charge in [-0.3, -0.25) is 0 Å². The minimum absolute atomic E-state index is 0.402. The van der Waals surface area contributed by atoms with Gasteiger partial charge < -0.3 is 4.79 Å². The van der Waals surface area contributed by atoms with Crippen molar-refractivity contribution in [3.05, 3.63) is 41.5 Å². The van der Waals surface area contributed by atoms with Gasteiger partial charge in [0.25, 0.3) is 0 Å². The first-order valence-electron chi connectivity index (χ1n) is 4.43. The second-order valence-corrected chi connectivity index (χ2v) is 3.77. The van der Waals surface area contributed by atoms with Crippen LogP contribution in [0.5, 0.6) is 0 Å². The van der Waals surface area contributed by atoms with Crippen molar-refractivity contribution in [1.82, 2.24) is 0 Å². The highest BCUT2D eigenvalue weighted by molar-refractivity contribution is 5.86. The summed E-state index contributed by atoms with van der Waals surface area (Å²) >= 11 is 0. The molecule has 0 aromatic heterocycles. The lowest BCUT2D eigenvalue weighted by Gasteiger charge is -2.15. The third kappa shape index (κ3) is 1.04. The van der Waals surface area contributed by atoms with E-state index in [1.54, 1.807) is 0 Å². The van der Waals surface area contributed by atoms with E-state index in [1.165, 1.54) is 11.1 Å². The number of rotatable bonds is 1. The molecule has 1 atom stereocenters. The zero-order valence-electron chi connectivity index (χ0n) is 7.87. The van der Waals surface area contributed by atoms with Gasteiger partial charge in [-0.1, -0.05) is 30.3 Å². The SMILES string of the molecule is CC1=CC(C)(C=O)c2ccccc21. The third-order valence-corrected chi connectivity index (χ3v) is 2.69. The first-order valence-corrected chi connectivity index (χ1v) is 4.43. The molecule has 13 heavy (non-hydrogen) atoms. The number of hydrogen-bond acceptors (Lipinski definition) is 1. The Labute approximate surface area is 78.1 Å². The Morgan fingerprint density at radius 2 is 2.00 bits per heavy atom. The van der Waals surface area contributed by atoms with Gasteiger partial charge in [-0.25, -0.2) is 0 Å². The van der Waals surface area contributed by atoms with Crippen molar-refractivity contribution < 1.29 is 4.79 Å². The van der Waals surface area contributed by atoms with E-state index < -0.39 is 5.41 Å². The van der Waals surface area contributed by atoms with Gasteiger partial charge >= 0.3 is 0 Å². The predicted molar refractivity (Wildman–Crippen MR) is 53.5 cm³/mol. The van der Waals surface area contributed by atoms with Crippen LogP contribution >= 0.6 is 0 Å². The number of hydrogen-bond donors (Lipinski definition) is 0. The Hall–Kier alpha value is -1.37. The van der Waals surface area contributed by atoms with Gasteiger partial charge in [-0.15, -0.1) is 0 Å².